The van der Waals surface area contributed by atoms with Crippen molar-refractivity contribution in [2.75, 3.05) is 0 Å². The molecule has 3 aromatic rings. The minimum absolute atomic E-state index is 0.0440. The Labute approximate surface area is 131 Å². The summed E-state index contributed by atoms with van der Waals surface area (Å²) < 4.78 is 0. The third-order valence-corrected chi connectivity index (χ3v) is 3.93. The average Bonchev–Trinajstić information content (AvgIpc) is 2.44. The van der Waals surface area contributed by atoms with Gasteiger partial charge in [0.1, 0.15) is 5.82 Å². The van der Waals surface area contributed by atoms with E-state index in [4.69, 9.17) is 4.98 Å². The Morgan fingerprint density at radius 3 is 2.23 bits per heavy atom. The summed E-state index contributed by atoms with van der Waals surface area (Å²) in [5.74, 6) is 0.871. The van der Waals surface area contributed by atoms with Crippen LogP contribution < -0.4 is 0 Å². The molecule has 3 nitrogen and oxygen atoms in total. The highest BCUT2D eigenvalue weighted by molar-refractivity contribution is 6.05. The Bertz CT molecular complexity index is 852. The second kappa shape index (κ2) is 4.73. The number of nitrogens with zero attached hydrogens (tertiary/aromatic N) is 3. The molecule has 2 heterocycles. The Hall–Kier alpha value is -2.03. The fourth-order valence-electron chi connectivity index (χ4n) is 2.72. The van der Waals surface area contributed by atoms with Crippen molar-refractivity contribution in [2.45, 2.75) is 52.4 Å². The van der Waals surface area contributed by atoms with E-state index in [1.165, 1.54) is 10.9 Å². The highest BCUT2D eigenvalue weighted by Gasteiger charge is 2.22. The second-order valence-corrected chi connectivity index (χ2v) is 7.95. The van der Waals surface area contributed by atoms with Gasteiger partial charge >= 0.3 is 0 Å². The lowest BCUT2D eigenvalue weighted by Crippen LogP contribution is -2.16. The summed E-state index contributed by atoms with van der Waals surface area (Å²) in [6.45, 7) is 13.1. The smallest absolute Gasteiger partial charge is 0.134 e. The number of hydrogen-bond acceptors (Lipinski definition) is 3. The lowest BCUT2D eigenvalue weighted by atomic mass is 9.83. The lowest BCUT2D eigenvalue weighted by Gasteiger charge is -2.23. The van der Waals surface area contributed by atoms with Crippen LogP contribution in [0.25, 0.3) is 21.8 Å². The van der Waals surface area contributed by atoms with E-state index in [1.54, 1.807) is 0 Å². The van der Waals surface area contributed by atoms with Crippen molar-refractivity contribution in [3.63, 3.8) is 0 Å². The van der Waals surface area contributed by atoms with Crippen molar-refractivity contribution in [3.8, 4) is 0 Å². The molecule has 22 heavy (non-hydrogen) atoms. The molecule has 0 aliphatic carbocycles. The van der Waals surface area contributed by atoms with Crippen LogP contribution in [-0.4, -0.2) is 15.0 Å². The first-order chi connectivity index (χ1) is 10.2. The van der Waals surface area contributed by atoms with Crippen LogP contribution in [0.1, 0.15) is 52.9 Å². The van der Waals surface area contributed by atoms with Crippen LogP contribution >= 0.6 is 0 Å². The summed E-state index contributed by atoms with van der Waals surface area (Å²) in [7, 11) is 0. The van der Waals surface area contributed by atoms with E-state index in [9.17, 15) is 0 Å². The fraction of sp³-hybridized carbons (Fsp3) is 0.421. The van der Waals surface area contributed by atoms with Crippen LogP contribution in [0.2, 0.25) is 0 Å². The highest BCUT2D eigenvalue weighted by atomic mass is 14.9. The van der Waals surface area contributed by atoms with Crippen LogP contribution in [0.15, 0.2) is 30.6 Å². The molecule has 2 aromatic heterocycles. The summed E-state index contributed by atoms with van der Waals surface area (Å²) >= 11 is 0. The summed E-state index contributed by atoms with van der Waals surface area (Å²) in [5, 5.41) is 2.21. The van der Waals surface area contributed by atoms with E-state index in [0.717, 1.165) is 22.2 Å². The van der Waals surface area contributed by atoms with Gasteiger partial charge in [0.05, 0.1) is 11.0 Å². The summed E-state index contributed by atoms with van der Waals surface area (Å²) in [4.78, 5) is 14.0. The quantitative estimate of drug-likeness (QED) is 0.560. The monoisotopic (exact) mass is 293 g/mol. The van der Waals surface area contributed by atoms with Gasteiger partial charge in [-0.1, -0.05) is 47.6 Å². The van der Waals surface area contributed by atoms with Crippen molar-refractivity contribution < 1.29 is 0 Å². The predicted molar refractivity (Wildman–Crippen MR) is 92.2 cm³/mol. The average molecular weight is 293 g/mol. The van der Waals surface area contributed by atoms with Crippen LogP contribution in [0.3, 0.4) is 0 Å². The van der Waals surface area contributed by atoms with Gasteiger partial charge in [-0.05, 0) is 23.1 Å². The molecule has 0 spiro atoms. The molecular formula is C19H23N3. The normalized spacial score (nSPS) is 13.0. The molecule has 0 bridgehead atoms. The maximum absolute atomic E-state index is 4.82. The van der Waals surface area contributed by atoms with Crippen LogP contribution in [-0.2, 0) is 10.8 Å². The fourth-order valence-corrected chi connectivity index (χ4v) is 2.72. The van der Waals surface area contributed by atoms with E-state index in [-0.39, 0.29) is 10.8 Å². The molecule has 0 N–H and O–H groups in total. The first-order valence-electron chi connectivity index (χ1n) is 7.73. The molecule has 0 unspecified atom stereocenters. The predicted octanol–water partition coefficient (Wildman–Crippen LogP) is 4.77. The minimum atomic E-state index is -0.0604. The Kier molecular flexibility index (Phi) is 3.20. The standard InChI is InChI=1S/C19H23N3/c1-18(2,3)14-10-15-13(16-12(14)8-7-9-20-16)11-21-17(22-15)19(4,5)6/h7-11H,1-6H3. The molecule has 3 heteroatoms. The maximum Gasteiger partial charge on any atom is 0.134 e. The van der Waals surface area contributed by atoms with Gasteiger partial charge in [-0.15, -0.1) is 0 Å². The topological polar surface area (TPSA) is 38.7 Å². The molecule has 114 valence electrons. The van der Waals surface area contributed by atoms with Gasteiger partial charge in [0, 0.05) is 28.6 Å². The third kappa shape index (κ3) is 2.45. The number of fused-ring (bicyclic) bond motifs is 3. The number of benzene rings is 1. The van der Waals surface area contributed by atoms with E-state index in [1.807, 2.05) is 18.5 Å². The number of hydrogen-bond donors (Lipinski definition) is 0. The molecule has 0 radical (unpaired) electrons. The zero-order valence-corrected chi connectivity index (χ0v) is 14.2. The molecule has 0 atom stereocenters. The molecule has 0 aliphatic rings. The Balaban J connectivity index is 2.44. The van der Waals surface area contributed by atoms with Crippen LogP contribution in [0, 0.1) is 0 Å². The molecule has 0 fully saturated rings. The number of aromatic nitrogens is 3. The minimum Gasteiger partial charge on any atom is -0.255 e. The van der Waals surface area contributed by atoms with Gasteiger partial charge in [-0.3, -0.25) is 4.98 Å². The molecule has 1 aromatic carbocycles. The molecule has 0 saturated heterocycles. The van der Waals surface area contributed by atoms with Gasteiger partial charge in [0.2, 0.25) is 0 Å². The van der Waals surface area contributed by atoms with Crippen molar-refractivity contribution in [2.24, 2.45) is 0 Å². The van der Waals surface area contributed by atoms with Crippen LogP contribution in [0.4, 0.5) is 0 Å². The summed E-state index contributed by atoms with van der Waals surface area (Å²) in [5.41, 5.74) is 3.24. The molecule has 0 aliphatic heterocycles. The first kappa shape index (κ1) is 14.9. The van der Waals surface area contributed by atoms with E-state index in [2.05, 4.69) is 63.6 Å². The number of rotatable bonds is 0. The zero-order valence-electron chi connectivity index (χ0n) is 14.2. The molecule has 3 rings (SSSR count). The molecule has 0 amide bonds. The first-order valence-corrected chi connectivity index (χ1v) is 7.73. The third-order valence-electron chi connectivity index (χ3n) is 3.93. The highest BCUT2D eigenvalue weighted by Crippen LogP contribution is 2.34. The van der Waals surface area contributed by atoms with Crippen molar-refractivity contribution >= 4 is 21.8 Å². The van der Waals surface area contributed by atoms with Crippen molar-refractivity contribution in [1.82, 2.24) is 15.0 Å². The second-order valence-electron chi connectivity index (χ2n) is 7.95. The van der Waals surface area contributed by atoms with Gasteiger partial charge in [-0.2, -0.15) is 0 Å². The van der Waals surface area contributed by atoms with Crippen molar-refractivity contribution in [3.05, 3.63) is 42.0 Å². The van der Waals surface area contributed by atoms with E-state index < -0.39 is 0 Å². The van der Waals surface area contributed by atoms with E-state index in [0.29, 0.717) is 0 Å². The Morgan fingerprint density at radius 2 is 1.59 bits per heavy atom. The van der Waals surface area contributed by atoms with Gasteiger partial charge in [0.25, 0.3) is 0 Å². The SMILES string of the molecule is CC(C)(C)c1ncc2c(cc(C(C)(C)C)c3cccnc32)n1. The van der Waals surface area contributed by atoms with Gasteiger partial charge in [0.15, 0.2) is 0 Å². The lowest BCUT2D eigenvalue weighted by molar-refractivity contribution is 0.548. The van der Waals surface area contributed by atoms with Gasteiger partial charge in [-0.25, -0.2) is 9.97 Å². The molecule has 0 saturated carbocycles. The van der Waals surface area contributed by atoms with E-state index >= 15 is 0 Å². The molecular weight excluding hydrogens is 270 g/mol. The number of pyridine rings is 1. The van der Waals surface area contributed by atoms with Gasteiger partial charge < -0.3 is 0 Å². The van der Waals surface area contributed by atoms with Crippen molar-refractivity contribution in [1.29, 1.82) is 0 Å². The zero-order chi connectivity index (χ0) is 16.1. The maximum atomic E-state index is 4.82. The summed E-state index contributed by atoms with van der Waals surface area (Å²) in [6, 6.07) is 6.34. The Morgan fingerprint density at radius 1 is 0.864 bits per heavy atom. The van der Waals surface area contributed by atoms with Crippen LogP contribution in [0.5, 0.6) is 0 Å². The summed E-state index contributed by atoms with van der Waals surface area (Å²) in [6.07, 6.45) is 3.76. The largest absolute Gasteiger partial charge is 0.255 e.